The summed E-state index contributed by atoms with van der Waals surface area (Å²) in [7, 11) is 0. The normalized spacial score (nSPS) is 11.5. The van der Waals surface area contributed by atoms with Crippen molar-refractivity contribution in [1.29, 1.82) is 0 Å². The number of aryl methyl sites for hydroxylation is 1. The molecule has 3 aromatic rings. The number of ether oxygens (including phenoxy) is 1. The van der Waals surface area contributed by atoms with E-state index in [1.807, 2.05) is 12.1 Å². The molecule has 2 heterocycles. The molecule has 30 heavy (non-hydrogen) atoms. The highest BCUT2D eigenvalue weighted by molar-refractivity contribution is 9.10. The van der Waals surface area contributed by atoms with Gasteiger partial charge in [0.25, 0.3) is 0 Å². The van der Waals surface area contributed by atoms with E-state index in [2.05, 4.69) is 47.4 Å². The summed E-state index contributed by atoms with van der Waals surface area (Å²) in [5, 5.41) is 10.3. The van der Waals surface area contributed by atoms with Gasteiger partial charge in [0, 0.05) is 10.9 Å². The Morgan fingerprint density at radius 1 is 1.23 bits per heavy atom. The highest BCUT2D eigenvalue weighted by atomic mass is 79.9. The predicted molar refractivity (Wildman–Crippen MR) is 110 cm³/mol. The molecule has 1 N–H and O–H groups in total. The molecule has 0 bridgehead atoms. The van der Waals surface area contributed by atoms with Crippen LogP contribution >= 0.6 is 31.9 Å². The fraction of sp³-hybridized carbons (Fsp3) is 0.278. The van der Waals surface area contributed by atoms with Gasteiger partial charge in [-0.1, -0.05) is 15.9 Å². The quantitative estimate of drug-likeness (QED) is 0.449. The second-order valence-corrected chi connectivity index (χ2v) is 7.97. The smallest absolute Gasteiger partial charge is 0.436 e. The number of rotatable bonds is 7. The van der Waals surface area contributed by atoms with Crippen molar-refractivity contribution < 1.29 is 22.7 Å². The van der Waals surface area contributed by atoms with E-state index in [1.54, 1.807) is 18.3 Å². The molecule has 0 aliphatic carbocycles. The molecule has 0 saturated heterocycles. The number of hydrogen-bond acceptors (Lipinski definition) is 4. The molecule has 0 unspecified atom stereocenters. The molecule has 12 heteroatoms. The van der Waals surface area contributed by atoms with Crippen LogP contribution in [-0.2, 0) is 24.2 Å². The Morgan fingerprint density at radius 3 is 2.57 bits per heavy atom. The maximum Gasteiger partial charge on any atom is 0.436 e. The third-order valence-corrected chi connectivity index (χ3v) is 5.52. The lowest BCUT2D eigenvalue weighted by molar-refractivity contribution is -0.142. The van der Waals surface area contributed by atoms with Crippen molar-refractivity contribution in [3.8, 4) is 5.75 Å². The average molecular weight is 551 g/mol. The summed E-state index contributed by atoms with van der Waals surface area (Å²) in [5.41, 5.74) is -0.255. The molecule has 3 rings (SSSR count). The van der Waals surface area contributed by atoms with Crippen molar-refractivity contribution in [3.05, 3.63) is 57.0 Å². The molecule has 7 nitrogen and oxygen atoms in total. The lowest BCUT2D eigenvalue weighted by atomic mass is 10.3. The van der Waals surface area contributed by atoms with Gasteiger partial charge in [-0.05, 0) is 47.1 Å². The Labute approximate surface area is 186 Å². The van der Waals surface area contributed by atoms with E-state index in [0.29, 0.717) is 17.1 Å². The molecule has 0 aliphatic heterocycles. The molecule has 1 amide bonds. The summed E-state index contributed by atoms with van der Waals surface area (Å²) >= 11 is 6.25. The van der Waals surface area contributed by atoms with Gasteiger partial charge in [0.1, 0.15) is 5.75 Å². The van der Waals surface area contributed by atoms with Crippen molar-refractivity contribution in [3.63, 3.8) is 0 Å². The van der Waals surface area contributed by atoms with Gasteiger partial charge in [0.15, 0.2) is 12.4 Å². The first-order valence-electron chi connectivity index (χ1n) is 8.64. The number of carbonyl (C=O) groups is 1. The first-order valence-corrected chi connectivity index (χ1v) is 10.2. The van der Waals surface area contributed by atoms with Crippen LogP contribution in [0.3, 0.4) is 0 Å². The molecule has 1 aromatic carbocycles. The summed E-state index contributed by atoms with van der Waals surface area (Å²) in [6.07, 6.45) is -1.56. The van der Waals surface area contributed by atoms with Gasteiger partial charge in [0.05, 0.1) is 34.8 Å². The van der Waals surface area contributed by atoms with Gasteiger partial charge in [0.2, 0.25) is 5.91 Å². The van der Waals surface area contributed by atoms with Crippen LogP contribution in [0.25, 0.3) is 0 Å². The van der Waals surface area contributed by atoms with Crippen molar-refractivity contribution in [1.82, 2.24) is 19.6 Å². The average Bonchev–Trinajstić information content (AvgIpc) is 3.24. The minimum Gasteiger partial charge on any atom is -0.471 e. The largest absolute Gasteiger partial charge is 0.471 e. The third kappa shape index (κ3) is 5.63. The molecule has 0 saturated carbocycles. The highest BCUT2D eigenvalue weighted by Crippen LogP contribution is 2.35. The molecular formula is C18H16Br2F3N5O2. The Balaban J connectivity index is 1.52. The van der Waals surface area contributed by atoms with E-state index in [-0.39, 0.29) is 30.1 Å². The number of anilines is 1. The van der Waals surface area contributed by atoms with Crippen molar-refractivity contribution in [2.45, 2.75) is 32.8 Å². The molecule has 160 valence electrons. The number of amides is 1. The standard InChI is InChI=1S/C18H16Br2F3N5O2/c1-11-16(20)17(18(21,22)23)26-28(11)7-6-15(29)25-13-8-24-27(9-13)10-30-14-4-2-12(19)3-5-14/h2-5,8-9H,6-7,10H2,1H3,(H,25,29). The zero-order chi connectivity index (χ0) is 21.9. The number of benzene rings is 1. The minimum absolute atomic E-state index is 0.00710. The number of nitrogens with one attached hydrogen (secondary N) is 1. The maximum atomic E-state index is 12.9. The summed E-state index contributed by atoms with van der Waals surface area (Å²) in [5.74, 6) is 0.293. The van der Waals surface area contributed by atoms with Crippen LogP contribution in [-0.4, -0.2) is 25.5 Å². The van der Waals surface area contributed by atoms with Crippen LogP contribution in [0.4, 0.5) is 18.9 Å². The molecule has 0 aliphatic rings. The van der Waals surface area contributed by atoms with Crippen LogP contribution in [0, 0.1) is 6.92 Å². The summed E-state index contributed by atoms with van der Waals surface area (Å²) in [6.45, 7) is 1.66. The second kappa shape index (κ2) is 9.21. The molecular weight excluding hydrogens is 535 g/mol. The molecule has 0 radical (unpaired) electrons. The molecule has 0 atom stereocenters. The number of hydrogen-bond donors (Lipinski definition) is 1. The van der Waals surface area contributed by atoms with E-state index in [1.165, 1.54) is 17.8 Å². The number of alkyl halides is 3. The summed E-state index contributed by atoms with van der Waals surface area (Å²) in [4.78, 5) is 12.1. The highest BCUT2D eigenvalue weighted by Gasteiger charge is 2.37. The monoisotopic (exact) mass is 549 g/mol. The molecule has 0 fully saturated rings. The van der Waals surface area contributed by atoms with Crippen LogP contribution in [0.1, 0.15) is 17.8 Å². The third-order valence-electron chi connectivity index (χ3n) is 4.05. The molecule has 0 spiro atoms. The van der Waals surface area contributed by atoms with Gasteiger partial charge in [-0.25, -0.2) is 4.68 Å². The van der Waals surface area contributed by atoms with Crippen LogP contribution < -0.4 is 10.1 Å². The number of halogens is 5. The van der Waals surface area contributed by atoms with Gasteiger partial charge in [-0.3, -0.25) is 9.48 Å². The van der Waals surface area contributed by atoms with E-state index < -0.39 is 11.9 Å². The fourth-order valence-electron chi connectivity index (χ4n) is 2.52. The Morgan fingerprint density at radius 2 is 1.93 bits per heavy atom. The van der Waals surface area contributed by atoms with E-state index >= 15 is 0 Å². The van der Waals surface area contributed by atoms with E-state index in [9.17, 15) is 18.0 Å². The van der Waals surface area contributed by atoms with Gasteiger partial charge in [-0.15, -0.1) is 0 Å². The lowest BCUT2D eigenvalue weighted by Crippen LogP contribution is -2.16. The predicted octanol–water partition coefficient (Wildman–Crippen LogP) is 5.00. The number of aromatic nitrogens is 4. The Hall–Kier alpha value is -2.34. The summed E-state index contributed by atoms with van der Waals surface area (Å²) < 4.78 is 47.8. The van der Waals surface area contributed by atoms with Gasteiger partial charge >= 0.3 is 6.18 Å². The topological polar surface area (TPSA) is 74.0 Å². The van der Waals surface area contributed by atoms with Crippen LogP contribution in [0.15, 0.2) is 45.6 Å². The first-order chi connectivity index (χ1) is 14.1. The summed E-state index contributed by atoms with van der Waals surface area (Å²) in [6, 6.07) is 7.30. The lowest BCUT2D eigenvalue weighted by Gasteiger charge is -2.06. The first kappa shape index (κ1) is 22.3. The Kier molecular flexibility index (Phi) is 6.86. The second-order valence-electron chi connectivity index (χ2n) is 6.26. The van der Waals surface area contributed by atoms with E-state index in [0.717, 1.165) is 9.15 Å². The van der Waals surface area contributed by atoms with Gasteiger partial charge < -0.3 is 10.1 Å². The zero-order valence-corrected chi connectivity index (χ0v) is 18.8. The maximum absolute atomic E-state index is 12.9. The van der Waals surface area contributed by atoms with Gasteiger partial charge in [-0.2, -0.15) is 23.4 Å². The Bertz CT molecular complexity index is 1030. The van der Waals surface area contributed by atoms with Crippen molar-refractivity contribution in [2.24, 2.45) is 0 Å². The minimum atomic E-state index is -4.57. The zero-order valence-electron chi connectivity index (χ0n) is 15.6. The van der Waals surface area contributed by atoms with Crippen molar-refractivity contribution in [2.75, 3.05) is 5.32 Å². The molecule has 2 aromatic heterocycles. The van der Waals surface area contributed by atoms with Crippen molar-refractivity contribution >= 4 is 43.5 Å². The SMILES string of the molecule is Cc1c(Br)c(C(F)(F)F)nn1CCC(=O)Nc1cnn(COc2ccc(Br)cc2)c1. The van der Waals surface area contributed by atoms with Crippen LogP contribution in [0.5, 0.6) is 5.75 Å². The van der Waals surface area contributed by atoms with Crippen LogP contribution in [0.2, 0.25) is 0 Å². The fourth-order valence-corrected chi connectivity index (χ4v) is 3.30. The number of carbonyl (C=O) groups excluding carboxylic acids is 1. The number of nitrogens with zero attached hydrogens (tertiary/aromatic N) is 4. The van der Waals surface area contributed by atoms with E-state index in [4.69, 9.17) is 4.74 Å².